The summed E-state index contributed by atoms with van der Waals surface area (Å²) in [5.74, 6) is 1.25. The Morgan fingerprint density at radius 2 is 2.32 bits per heavy atom. The Balaban J connectivity index is 1.79. The smallest absolute Gasteiger partial charge is 0.249 e. The minimum atomic E-state index is -0.0960. The van der Waals surface area contributed by atoms with E-state index in [-0.39, 0.29) is 12.1 Å². The molecule has 2 aromatic rings. The minimum absolute atomic E-state index is 0.0630. The molecule has 2 heterocycles. The van der Waals surface area contributed by atoms with Crippen LogP contribution in [-0.4, -0.2) is 17.3 Å². The number of nitrogens with one attached hydrogen (secondary N) is 1. The summed E-state index contributed by atoms with van der Waals surface area (Å²) in [6.07, 6.45) is 1.61. The number of anilines is 1. The van der Waals surface area contributed by atoms with Gasteiger partial charge in [-0.2, -0.15) is 4.98 Å². The van der Waals surface area contributed by atoms with Crippen molar-refractivity contribution in [2.24, 2.45) is 0 Å². The first-order chi connectivity index (χ1) is 9.31. The Labute approximate surface area is 112 Å². The van der Waals surface area contributed by atoms with E-state index in [2.05, 4.69) is 27.6 Å². The highest BCUT2D eigenvalue weighted by atomic mass is 16.5. The van der Waals surface area contributed by atoms with Crippen molar-refractivity contribution in [3.8, 4) is 0 Å². The summed E-state index contributed by atoms with van der Waals surface area (Å²) in [7, 11) is 1.66. The van der Waals surface area contributed by atoms with Crippen LogP contribution in [0.1, 0.15) is 42.8 Å². The Bertz CT molecular complexity index is 538. The monoisotopic (exact) mass is 259 g/mol. The molecule has 1 aliphatic heterocycles. The molecule has 1 aliphatic rings. The molecule has 0 bridgehead atoms. The summed E-state index contributed by atoms with van der Waals surface area (Å²) in [5.41, 5.74) is 2.43. The van der Waals surface area contributed by atoms with Gasteiger partial charge in [0.15, 0.2) is 0 Å². The first-order valence-electron chi connectivity index (χ1n) is 6.52. The fourth-order valence-corrected chi connectivity index (χ4v) is 2.42. The number of hydrogen-bond acceptors (Lipinski definition) is 5. The molecule has 5 nitrogen and oxygen atoms in total. The van der Waals surface area contributed by atoms with Crippen molar-refractivity contribution >= 4 is 5.69 Å². The molecular weight excluding hydrogens is 242 g/mol. The number of nitrogens with zero attached hydrogens (tertiary/aromatic N) is 2. The fraction of sp³-hybridized carbons (Fsp3) is 0.429. The normalized spacial score (nSPS) is 18.9. The van der Waals surface area contributed by atoms with E-state index in [0.717, 1.165) is 18.5 Å². The number of benzene rings is 1. The molecule has 0 spiro atoms. The van der Waals surface area contributed by atoms with Crippen LogP contribution in [0.25, 0.3) is 0 Å². The predicted molar refractivity (Wildman–Crippen MR) is 70.8 cm³/mol. The molecule has 1 aromatic carbocycles. The molecule has 0 radical (unpaired) electrons. The van der Waals surface area contributed by atoms with Gasteiger partial charge in [0.1, 0.15) is 12.1 Å². The van der Waals surface area contributed by atoms with Crippen molar-refractivity contribution in [1.29, 1.82) is 0 Å². The zero-order chi connectivity index (χ0) is 13.2. The van der Waals surface area contributed by atoms with E-state index in [1.165, 1.54) is 5.56 Å². The van der Waals surface area contributed by atoms with Gasteiger partial charge in [0.2, 0.25) is 11.7 Å². The fourth-order valence-electron chi connectivity index (χ4n) is 2.42. The van der Waals surface area contributed by atoms with Crippen molar-refractivity contribution in [2.45, 2.75) is 31.9 Å². The van der Waals surface area contributed by atoms with E-state index < -0.39 is 0 Å². The predicted octanol–water partition coefficient (Wildman–Crippen LogP) is 2.88. The Hall–Kier alpha value is -1.88. The van der Waals surface area contributed by atoms with Gasteiger partial charge in [-0.15, -0.1) is 0 Å². The summed E-state index contributed by atoms with van der Waals surface area (Å²) < 4.78 is 10.7. The third-order valence-electron chi connectivity index (χ3n) is 3.47. The molecule has 0 fully saturated rings. The van der Waals surface area contributed by atoms with Gasteiger partial charge in [-0.25, -0.2) is 0 Å². The SMILES string of the molecule is CCC(OC)c1noc([C@@H]2Cc3ccccc3N2)n1. The average Bonchev–Trinajstić information content (AvgIpc) is 3.06. The summed E-state index contributed by atoms with van der Waals surface area (Å²) >= 11 is 0. The molecule has 2 atom stereocenters. The van der Waals surface area contributed by atoms with Crippen molar-refractivity contribution in [3.63, 3.8) is 0 Å². The summed E-state index contributed by atoms with van der Waals surface area (Å²) in [6.45, 7) is 2.04. The Kier molecular flexibility index (Phi) is 3.21. The molecule has 0 amide bonds. The third kappa shape index (κ3) is 2.21. The lowest BCUT2D eigenvalue weighted by atomic mass is 10.1. The van der Waals surface area contributed by atoms with Crippen LogP contribution >= 0.6 is 0 Å². The van der Waals surface area contributed by atoms with E-state index >= 15 is 0 Å². The number of aromatic nitrogens is 2. The molecule has 0 aliphatic carbocycles. The summed E-state index contributed by atoms with van der Waals surface area (Å²) in [6, 6.07) is 8.30. The molecular formula is C14H17N3O2. The quantitative estimate of drug-likeness (QED) is 0.914. The second-order valence-corrected chi connectivity index (χ2v) is 4.68. The van der Waals surface area contributed by atoms with E-state index in [9.17, 15) is 0 Å². The van der Waals surface area contributed by atoms with E-state index in [1.54, 1.807) is 7.11 Å². The number of ether oxygens (including phenoxy) is 1. The topological polar surface area (TPSA) is 60.2 Å². The Morgan fingerprint density at radius 3 is 3.05 bits per heavy atom. The number of rotatable bonds is 4. The molecule has 1 N–H and O–H groups in total. The van der Waals surface area contributed by atoms with Crippen LogP contribution in [0.5, 0.6) is 0 Å². The Morgan fingerprint density at radius 1 is 1.47 bits per heavy atom. The molecule has 3 rings (SSSR count). The zero-order valence-electron chi connectivity index (χ0n) is 11.1. The molecule has 1 unspecified atom stereocenters. The largest absolute Gasteiger partial charge is 0.373 e. The van der Waals surface area contributed by atoms with Crippen molar-refractivity contribution in [2.75, 3.05) is 12.4 Å². The van der Waals surface area contributed by atoms with Gasteiger partial charge in [-0.3, -0.25) is 0 Å². The number of hydrogen-bond donors (Lipinski definition) is 1. The minimum Gasteiger partial charge on any atom is -0.373 e. The van der Waals surface area contributed by atoms with Gasteiger partial charge in [0.25, 0.3) is 0 Å². The van der Waals surface area contributed by atoms with Crippen LogP contribution in [0.4, 0.5) is 5.69 Å². The molecule has 5 heteroatoms. The van der Waals surface area contributed by atoms with Gasteiger partial charge >= 0.3 is 0 Å². The standard InChI is InChI=1S/C14H17N3O2/c1-3-12(18-2)13-16-14(19-17-13)11-8-9-6-4-5-7-10(9)15-11/h4-7,11-12,15H,3,8H2,1-2H3/t11-,12?/m0/s1. The first-order valence-corrected chi connectivity index (χ1v) is 6.52. The van der Waals surface area contributed by atoms with Crippen LogP contribution in [0.2, 0.25) is 0 Å². The maximum Gasteiger partial charge on any atom is 0.249 e. The number of para-hydroxylation sites is 1. The summed E-state index contributed by atoms with van der Waals surface area (Å²) in [5, 5.41) is 7.42. The lowest BCUT2D eigenvalue weighted by molar-refractivity contribution is 0.0903. The van der Waals surface area contributed by atoms with Crippen LogP contribution < -0.4 is 5.32 Å². The van der Waals surface area contributed by atoms with Gasteiger partial charge in [-0.05, 0) is 18.1 Å². The average molecular weight is 259 g/mol. The third-order valence-corrected chi connectivity index (χ3v) is 3.47. The van der Waals surface area contributed by atoms with Gasteiger partial charge < -0.3 is 14.6 Å². The van der Waals surface area contributed by atoms with Crippen LogP contribution in [0, 0.1) is 0 Å². The first kappa shape index (κ1) is 12.2. The van der Waals surface area contributed by atoms with Crippen LogP contribution in [0.15, 0.2) is 28.8 Å². The van der Waals surface area contributed by atoms with E-state index in [0.29, 0.717) is 11.7 Å². The lowest BCUT2D eigenvalue weighted by Crippen LogP contribution is -2.07. The van der Waals surface area contributed by atoms with Crippen molar-refractivity contribution in [1.82, 2.24) is 10.1 Å². The van der Waals surface area contributed by atoms with Crippen molar-refractivity contribution in [3.05, 3.63) is 41.5 Å². The maximum absolute atomic E-state index is 5.36. The molecule has 0 saturated heterocycles. The molecule has 19 heavy (non-hydrogen) atoms. The lowest BCUT2D eigenvalue weighted by Gasteiger charge is -2.07. The van der Waals surface area contributed by atoms with Crippen LogP contribution in [-0.2, 0) is 11.2 Å². The highest BCUT2D eigenvalue weighted by Gasteiger charge is 2.27. The molecule has 0 saturated carbocycles. The van der Waals surface area contributed by atoms with Gasteiger partial charge in [0.05, 0.1) is 0 Å². The maximum atomic E-state index is 5.36. The second-order valence-electron chi connectivity index (χ2n) is 4.68. The second kappa shape index (κ2) is 5.01. The van der Waals surface area contributed by atoms with Crippen molar-refractivity contribution < 1.29 is 9.26 Å². The van der Waals surface area contributed by atoms with Crippen LogP contribution in [0.3, 0.4) is 0 Å². The molecule has 1 aromatic heterocycles. The van der Waals surface area contributed by atoms with Gasteiger partial charge in [-0.1, -0.05) is 30.3 Å². The van der Waals surface area contributed by atoms with E-state index in [4.69, 9.17) is 9.26 Å². The number of methoxy groups -OCH3 is 1. The highest BCUT2D eigenvalue weighted by Crippen LogP contribution is 2.33. The highest BCUT2D eigenvalue weighted by molar-refractivity contribution is 5.56. The van der Waals surface area contributed by atoms with Gasteiger partial charge in [0, 0.05) is 19.2 Å². The molecule has 100 valence electrons. The summed E-state index contributed by atoms with van der Waals surface area (Å²) in [4.78, 5) is 4.45. The van der Waals surface area contributed by atoms with E-state index in [1.807, 2.05) is 19.1 Å². The number of fused-ring (bicyclic) bond motifs is 1. The zero-order valence-corrected chi connectivity index (χ0v) is 11.1.